The van der Waals surface area contributed by atoms with Crippen molar-refractivity contribution in [3.63, 3.8) is 0 Å². The third-order valence-corrected chi connectivity index (χ3v) is 4.64. The van der Waals surface area contributed by atoms with Crippen molar-refractivity contribution in [3.8, 4) is 5.69 Å². The third-order valence-electron chi connectivity index (χ3n) is 4.64. The number of hydrogen-bond donors (Lipinski definition) is 1. The number of aryl methyl sites for hydroxylation is 3. The lowest BCUT2D eigenvalue weighted by Crippen LogP contribution is -2.14. The van der Waals surface area contributed by atoms with Crippen LogP contribution in [0.5, 0.6) is 0 Å². The van der Waals surface area contributed by atoms with Crippen molar-refractivity contribution in [2.45, 2.75) is 20.8 Å². The molecular formula is C20H20N6O. The Morgan fingerprint density at radius 2 is 1.78 bits per heavy atom. The highest BCUT2D eigenvalue weighted by Crippen LogP contribution is 2.22. The van der Waals surface area contributed by atoms with Crippen LogP contribution in [0.4, 0.5) is 5.69 Å². The molecule has 0 atom stereocenters. The number of hydrogen-bond acceptors (Lipinski definition) is 4. The molecule has 0 bridgehead atoms. The van der Waals surface area contributed by atoms with Gasteiger partial charge >= 0.3 is 0 Å². The van der Waals surface area contributed by atoms with Gasteiger partial charge in [0.15, 0.2) is 5.65 Å². The molecule has 7 heteroatoms. The Hall–Kier alpha value is -3.48. The fourth-order valence-corrected chi connectivity index (χ4v) is 3.36. The van der Waals surface area contributed by atoms with E-state index in [1.165, 1.54) is 0 Å². The quantitative estimate of drug-likeness (QED) is 0.608. The summed E-state index contributed by atoms with van der Waals surface area (Å²) < 4.78 is 3.52. The van der Waals surface area contributed by atoms with E-state index in [4.69, 9.17) is 0 Å². The summed E-state index contributed by atoms with van der Waals surface area (Å²) in [5, 5.41) is 12.8. The number of aromatic nitrogens is 5. The van der Waals surface area contributed by atoms with Gasteiger partial charge < -0.3 is 5.32 Å². The SMILES string of the molecule is Cc1nn(-c2ccccc2)c(C)c1C(=O)Nc1cnc2c(c1)c(C)nn2C. The van der Waals surface area contributed by atoms with E-state index in [0.717, 1.165) is 28.1 Å². The van der Waals surface area contributed by atoms with Crippen molar-refractivity contribution in [3.05, 3.63) is 65.2 Å². The number of carbonyl (C=O) groups is 1. The minimum Gasteiger partial charge on any atom is -0.320 e. The van der Waals surface area contributed by atoms with Crippen LogP contribution in [0.2, 0.25) is 0 Å². The molecule has 1 N–H and O–H groups in total. The zero-order valence-electron chi connectivity index (χ0n) is 15.7. The minimum atomic E-state index is -0.199. The Morgan fingerprint density at radius 1 is 1.04 bits per heavy atom. The molecule has 0 spiro atoms. The maximum atomic E-state index is 12.9. The largest absolute Gasteiger partial charge is 0.320 e. The molecule has 4 aromatic rings. The van der Waals surface area contributed by atoms with Gasteiger partial charge in [0.1, 0.15) is 0 Å². The summed E-state index contributed by atoms with van der Waals surface area (Å²) in [6.45, 7) is 5.66. The summed E-state index contributed by atoms with van der Waals surface area (Å²) in [6.07, 6.45) is 1.65. The zero-order valence-corrected chi connectivity index (χ0v) is 15.7. The fraction of sp³-hybridized carbons (Fsp3) is 0.200. The van der Waals surface area contributed by atoms with Crippen LogP contribution in [-0.2, 0) is 7.05 Å². The molecule has 0 saturated carbocycles. The first-order valence-corrected chi connectivity index (χ1v) is 8.68. The summed E-state index contributed by atoms with van der Waals surface area (Å²) in [4.78, 5) is 17.3. The number of nitrogens with one attached hydrogen (secondary N) is 1. The van der Waals surface area contributed by atoms with Crippen LogP contribution in [-0.4, -0.2) is 30.5 Å². The van der Waals surface area contributed by atoms with Gasteiger partial charge in [-0.3, -0.25) is 9.48 Å². The summed E-state index contributed by atoms with van der Waals surface area (Å²) in [5.41, 5.74) is 5.27. The Morgan fingerprint density at radius 3 is 2.52 bits per heavy atom. The maximum Gasteiger partial charge on any atom is 0.259 e. The first-order chi connectivity index (χ1) is 13.0. The molecule has 0 aliphatic heterocycles. The number of rotatable bonds is 3. The van der Waals surface area contributed by atoms with E-state index in [-0.39, 0.29) is 5.91 Å². The fourth-order valence-electron chi connectivity index (χ4n) is 3.36. The molecule has 3 heterocycles. The topological polar surface area (TPSA) is 77.6 Å². The molecule has 0 aliphatic rings. The monoisotopic (exact) mass is 360 g/mol. The summed E-state index contributed by atoms with van der Waals surface area (Å²) >= 11 is 0. The standard InChI is InChI=1S/C20H20N6O/c1-12-17-10-15(11-21-19(17)25(4)23-12)22-20(27)18-13(2)24-26(14(18)3)16-8-6-5-7-9-16/h5-11H,1-4H3,(H,22,27). The van der Waals surface area contributed by atoms with E-state index in [9.17, 15) is 4.79 Å². The van der Waals surface area contributed by atoms with Crippen molar-refractivity contribution in [1.29, 1.82) is 0 Å². The average Bonchev–Trinajstić information content (AvgIpc) is 3.11. The number of para-hydroxylation sites is 1. The number of amides is 1. The Labute approximate surface area is 156 Å². The highest BCUT2D eigenvalue weighted by molar-refractivity contribution is 6.06. The van der Waals surface area contributed by atoms with Gasteiger partial charge in [0.05, 0.1) is 40.2 Å². The Balaban J connectivity index is 1.68. The van der Waals surface area contributed by atoms with Gasteiger partial charge in [-0.1, -0.05) is 18.2 Å². The number of fused-ring (bicyclic) bond motifs is 1. The van der Waals surface area contributed by atoms with Gasteiger partial charge in [0.25, 0.3) is 5.91 Å². The molecule has 0 aliphatic carbocycles. The molecule has 0 saturated heterocycles. The van der Waals surface area contributed by atoms with Gasteiger partial charge in [-0.2, -0.15) is 10.2 Å². The van der Waals surface area contributed by atoms with E-state index in [1.54, 1.807) is 15.6 Å². The van der Waals surface area contributed by atoms with Crippen molar-refractivity contribution in [1.82, 2.24) is 24.5 Å². The Kier molecular flexibility index (Phi) is 3.99. The van der Waals surface area contributed by atoms with Gasteiger partial charge in [0.2, 0.25) is 0 Å². The third kappa shape index (κ3) is 2.87. The average molecular weight is 360 g/mol. The molecule has 1 amide bonds. The second-order valence-electron chi connectivity index (χ2n) is 6.55. The lowest BCUT2D eigenvalue weighted by Gasteiger charge is -2.07. The second-order valence-corrected chi connectivity index (χ2v) is 6.55. The van der Waals surface area contributed by atoms with Gasteiger partial charge in [-0.15, -0.1) is 0 Å². The van der Waals surface area contributed by atoms with Crippen LogP contribution < -0.4 is 5.32 Å². The highest BCUT2D eigenvalue weighted by atomic mass is 16.1. The van der Waals surface area contributed by atoms with Crippen LogP contribution in [0, 0.1) is 20.8 Å². The van der Waals surface area contributed by atoms with E-state index in [1.807, 2.05) is 64.2 Å². The molecule has 3 aromatic heterocycles. The second kappa shape index (κ2) is 6.35. The normalized spacial score (nSPS) is 11.1. The molecule has 7 nitrogen and oxygen atoms in total. The number of nitrogens with zero attached hydrogens (tertiary/aromatic N) is 5. The van der Waals surface area contributed by atoms with Crippen LogP contribution in [0.25, 0.3) is 16.7 Å². The Bertz CT molecular complexity index is 1160. The van der Waals surface area contributed by atoms with Crippen LogP contribution >= 0.6 is 0 Å². The van der Waals surface area contributed by atoms with Gasteiger partial charge in [-0.25, -0.2) is 9.67 Å². The number of carbonyl (C=O) groups excluding carboxylic acids is 1. The lowest BCUT2D eigenvalue weighted by molar-refractivity contribution is 0.102. The van der Waals surface area contributed by atoms with Crippen molar-refractivity contribution >= 4 is 22.6 Å². The first-order valence-electron chi connectivity index (χ1n) is 8.68. The van der Waals surface area contributed by atoms with Crippen molar-refractivity contribution in [2.75, 3.05) is 5.32 Å². The first kappa shape index (κ1) is 17.0. The zero-order chi connectivity index (χ0) is 19.1. The van der Waals surface area contributed by atoms with E-state index >= 15 is 0 Å². The molecule has 0 fully saturated rings. The number of benzene rings is 1. The van der Waals surface area contributed by atoms with E-state index in [0.29, 0.717) is 16.9 Å². The maximum absolute atomic E-state index is 12.9. The summed E-state index contributed by atoms with van der Waals surface area (Å²) in [6, 6.07) is 11.7. The summed E-state index contributed by atoms with van der Waals surface area (Å²) in [5.74, 6) is -0.199. The molecule has 0 unspecified atom stereocenters. The van der Waals surface area contributed by atoms with Crippen LogP contribution in [0.15, 0.2) is 42.6 Å². The van der Waals surface area contributed by atoms with Crippen molar-refractivity contribution in [2.24, 2.45) is 7.05 Å². The molecule has 0 radical (unpaired) electrons. The van der Waals surface area contributed by atoms with Crippen molar-refractivity contribution < 1.29 is 4.79 Å². The predicted molar refractivity (Wildman–Crippen MR) is 104 cm³/mol. The van der Waals surface area contributed by atoms with E-state index in [2.05, 4.69) is 20.5 Å². The van der Waals surface area contributed by atoms with Crippen LogP contribution in [0.3, 0.4) is 0 Å². The van der Waals surface area contributed by atoms with Gasteiger partial charge in [-0.05, 0) is 39.0 Å². The number of anilines is 1. The minimum absolute atomic E-state index is 0.199. The number of pyridine rings is 1. The van der Waals surface area contributed by atoms with E-state index < -0.39 is 0 Å². The highest BCUT2D eigenvalue weighted by Gasteiger charge is 2.20. The molecule has 27 heavy (non-hydrogen) atoms. The smallest absolute Gasteiger partial charge is 0.259 e. The summed E-state index contributed by atoms with van der Waals surface area (Å²) in [7, 11) is 1.85. The predicted octanol–water partition coefficient (Wildman–Crippen LogP) is 3.33. The molecule has 1 aromatic carbocycles. The van der Waals surface area contributed by atoms with Crippen LogP contribution in [0.1, 0.15) is 27.4 Å². The molecular weight excluding hydrogens is 340 g/mol. The lowest BCUT2D eigenvalue weighted by atomic mass is 10.1. The van der Waals surface area contributed by atoms with Gasteiger partial charge in [0, 0.05) is 12.4 Å². The molecule has 4 rings (SSSR count). The molecule has 136 valence electrons.